The van der Waals surface area contributed by atoms with Crippen LogP contribution in [0.25, 0.3) is 0 Å². The maximum Gasteiger partial charge on any atom is 0.236 e. The molecule has 536 valence electrons. The number of nitrogens with one attached hydrogen (secondary N) is 14. The van der Waals surface area contributed by atoms with Gasteiger partial charge in [-0.15, -0.1) is 0 Å². The van der Waals surface area contributed by atoms with Gasteiger partial charge < -0.3 is 102 Å². The maximum absolute atomic E-state index is 11.5. The molecule has 90 heavy (non-hydrogen) atoms. The molecule has 0 aliphatic heterocycles. The molecule has 0 rings (SSSR count). The van der Waals surface area contributed by atoms with E-state index in [1.807, 2.05) is 13.8 Å². The molecule has 0 spiro atoms. The van der Waals surface area contributed by atoms with Crippen LogP contribution >= 0.6 is 0 Å². The van der Waals surface area contributed by atoms with Crippen LogP contribution in [0.2, 0.25) is 0 Å². The molecule has 0 bridgehead atoms. The van der Waals surface area contributed by atoms with Crippen molar-refractivity contribution in [1.29, 1.82) is 0 Å². The average molecular weight is 1310 g/mol. The van der Waals surface area contributed by atoms with Gasteiger partial charge in [0.15, 0.2) is 0 Å². The molecule has 3 unspecified atom stereocenters. The van der Waals surface area contributed by atoms with Crippen LogP contribution in [0.1, 0.15) is 46.0 Å². The standard InChI is InChI=1S/C30H67N9O11.C24H53N7O9/c1-5-48-36-10-16-50-37-9-15-44-20-28(19-43-11-6-12-49-38-18-30(41)31-2)17-29(7-13-45-23-32-21-39(3)27-40)35-8-14-46-24-34-26-47-25-33-22-42-4;1-4-38-28-9-15-40-29-8-14-36-18-23(17-35-12-5-13-39-30-16-24(33)25-2)6-10-31(22-32)11-7-26-20-37-21-27-19-34-3/h27-29,32-38H,5-26H2,1-4H3,(H,31,41);22-23,26-30H,4-21H2,1-3H3,(H,25,33). The van der Waals surface area contributed by atoms with Crippen LogP contribution in [-0.2, 0) is 95.6 Å². The minimum absolute atomic E-state index is 0.0911. The van der Waals surface area contributed by atoms with E-state index >= 15 is 0 Å². The first kappa shape index (κ1) is 88.8. The van der Waals surface area contributed by atoms with Crippen molar-refractivity contribution in [2.24, 2.45) is 11.8 Å². The molecule has 36 heteroatoms. The minimum Gasteiger partial charge on any atom is -0.381 e. The molecule has 0 aliphatic carbocycles. The van der Waals surface area contributed by atoms with Crippen LogP contribution in [0.3, 0.4) is 0 Å². The van der Waals surface area contributed by atoms with Crippen LogP contribution in [0.15, 0.2) is 0 Å². The van der Waals surface area contributed by atoms with Crippen molar-refractivity contribution < 1.29 is 95.6 Å². The minimum atomic E-state index is -0.153. The molecule has 0 aromatic rings. The SMILES string of the molecule is CCONCCONCCOCC(CCN(C=O)CCNCOCNCOC)COCCCONCC(=O)NC.CCONCCONCCOCC(COCCCONCC(=O)NC)CC(CCOCNCN(C)C=O)NCCOCNCOCNCOC. The smallest absolute Gasteiger partial charge is 0.236 e. The second-order valence-corrected chi connectivity index (χ2v) is 19.1. The Balaban J connectivity index is 0. The molecule has 3 atom stereocenters. The highest BCUT2D eigenvalue weighted by atomic mass is 16.7. The highest BCUT2D eigenvalue weighted by Crippen LogP contribution is 2.13. The molecule has 0 aromatic heterocycles. The van der Waals surface area contributed by atoms with Gasteiger partial charge in [-0.05, 0) is 46.0 Å². The number of hydrogen-bond donors (Lipinski definition) is 14. The van der Waals surface area contributed by atoms with Crippen molar-refractivity contribution in [1.82, 2.24) is 85.2 Å². The summed E-state index contributed by atoms with van der Waals surface area (Å²) >= 11 is 0. The number of ether oxygens (including phenoxy) is 10. The van der Waals surface area contributed by atoms with Crippen LogP contribution in [0.5, 0.6) is 0 Å². The highest BCUT2D eigenvalue weighted by Gasteiger charge is 2.18. The Morgan fingerprint density at radius 2 is 0.889 bits per heavy atom. The lowest BCUT2D eigenvalue weighted by molar-refractivity contribution is -0.123. The van der Waals surface area contributed by atoms with E-state index in [2.05, 4.69) is 75.4 Å². The van der Waals surface area contributed by atoms with E-state index in [0.717, 1.165) is 32.1 Å². The lowest BCUT2D eigenvalue weighted by atomic mass is 9.99. The quantitative estimate of drug-likeness (QED) is 0.0118. The monoisotopic (exact) mass is 1310 g/mol. The summed E-state index contributed by atoms with van der Waals surface area (Å²) in [4.78, 5) is 79.2. The predicted octanol–water partition coefficient (Wildman–Crippen LogP) is -4.69. The molecule has 0 saturated carbocycles. The Bertz CT molecular complexity index is 1490. The third-order valence-corrected chi connectivity index (χ3v) is 11.4. The van der Waals surface area contributed by atoms with Gasteiger partial charge in [-0.3, -0.25) is 45.8 Å². The molecule has 36 nitrogen and oxygen atoms in total. The first-order valence-corrected chi connectivity index (χ1v) is 30.9. The van der Waals surface area contributed by atoms with Gasteiger partial charge in [0.05, 0.1) is 146 Å². The summed E-state index contributed by atoms with van der Waals surface area (Å²) < 4.78 is 55.6. The molecule has 0 radical (unpaired) electrons. The van der Waals surface area contributed by atoms with Gasteiger partial charge in [0.1, 0.15) is 13.5 Å². The molecule has 14 N–H and O–H groups in total. The Hall–Kier alpha value is -3.24. The number of methoxy groups -OCH3 is 2. The summed E-state index contributed by atoms with van der Waals surface area (Å²) in [7, 11) is 8.04. The fraction of sp³-hybridized carbons (Fsp3) is 0.926. The zero-order chi connectivity index (χ0) is 66.0. The first-order chi connectivity index (χ1) is 44.2. The maximum atomic E-state index is 11.5. The third kappa shape index (κ3) is 70.6. The number of nitrogens with zero attached hydrogens (tertiary/aromatic N) is 2. The van der Waals surface area contributed by atoms with E-state index in [9.17, 15) is 19.2 Å². The number of hydroxylamine groups is 6. The topological polar surface area (TPSA) is 391 Å². The molecule has 4 amide bonds. The lowest BCUT2D eigenvalue weighted by Gasteiger charge is -2.25. The summed E-state index contributed by atoms with van der Waals surface area (Å²) in [5.41, 5.74) is 16.5. The van der Waals surface area contributed by atoms with Crippen molar-refractivity contribution in [2.75, 3.05) is 267 Å². The summed E-state index contributed by atoms with van der Waals surface area (Å²) in [6.07, 6.45) is 5.20. The van der Waals surface area contributed by atoms with Crippen molar-refractivity contribution in [2.45, 2.75) is 52.0 Å². The van der Waals surface area contributed by atoms with Gasteiger partial charge in [0.25, 0.3) is 0 Å². The number of carbonyl (C=O) groups excluding carboxylic acids is 4. The third-order valence-electron chi connectivity index (χ3n) is 11.4. The zero-order valence-corrected chi connectivity index (χ0v) is 55.2. The molecule has 0 fully saturated rings. The van der Waals surface area contributed by atoms with Crippen LogP contribution in [0.4, 0.5) is 0 Å². The molecular weight excluding hydrogens is 1190 g/mol. The molecule has 0 saturated heterocycles. The lowest BCUT2D eigenvalue weighted by Crippen LogP contribution is -2.38. The molecular formula is C54H120N16O20. The van der Waals surface area contributed by atoms with Crippen molar-refractivity contribution in [3.63, 3.8) is 0 Å². The summed E-state index contributed by atoms with van der Waals surface area (Å²) in [6.45, 7) is 19.9. The van der Waals surface area contributed by atoms with Gasteiger partial charge in [-0.1, -0.05) is 0 Å². The Morgan fingerprint density at radius 3 is 1.41 bits per heavy atom. The molecule has 0 aromatic carbocycles. The fourth-order valence-electron chi connectivity index (χ4n) is 6.86. The van der Waals surface area contributed by atoms with Crippen LogP contribution in [-0.4, -0.2) is 308 Å². The van der Waals surface area contributed by atoms with Crippen LogP contribution in [0, 0.1) is 11.8 Å². The number of likely N-dealkylation sites (N-methyl/N-ethyl adjacent to an activating group) is 2. The number of hydrogen-bond acceptors (Lipinski definition) is 32. The average Bonchev–Trinajstić information content (AvgIpc) is 3.76. The Morgan fingerprint density at radius 1 is 0.433 bits per heavy atom. The second kappa shape index (κ2) is 76.5. The van der Waals surface area contributed by atoms with Gasteiger partial charge >= 0.3 is 0 Å². The fourth-order valence-corrected chi connectivity index (χ4v) is 6.86. The van der Waals surface area contributed by atoms with E-state index < -0.39 is 0 Å². The van der Waals surface area contributed by atoms with E-state index in [1.165, 1.54) is 4.90 Å². The summed E-state index contributed by atoms with van der Waals surface area (Å²) in [6, 6.07) is 0.105. The predicted molar refractivity (Wildman–Crippen MR) is 332 cm³/mol. The van der Waals surface area contributed by atoms with Gasteiger partial charge in [0, 0.05) is 125 Å². The van der Waals surface area contributed by atoms with E-state index in [1.54, 1.807) is 40.3 Å². The number of amides is 4. The van der Waals surface area contributed by atoms with E-state index in [-0.39, 0.29) is 42.8 Å². The normalized spacial score (nSPS) is 12.3. The van der Waals surface area contributed by atoms with Crippen molar-refractivity contribution >= 4 is 24.6 Å². The van der Waals surface area contributed by atoms with E-state index in [4.69, 9.17) is 76.4 Å². The van der Waals surface area contributed by atoms with Gasteiger partial charge in [0.2, 0.25) is 24.6 Å². The second-order valence-electron chi connectivity index (χ2n) is 19.1. The van der Waals surface area contributed by atoms with Crippen molar-refractivity contribution in [3.8, 4) is 0 Å². The van der Waals surface area contributed by atoms with Gasteiger partial charge in [-0.2, -0.15) is 11.0 Å². The molecule has 0 heterocycles. The summed E-state index contributed by atoms with van der Waals surface area (Å²) in [5.74, 6) is -0.0981. The van der Waals surface area contributed by atoms with Crippen LogP contribution < -0.4 is 75.4 Å². The van der Waals surface area contributed by atoms with E-state index in [0.29, 0.717) is 231 Å². The first-order valence-electron chi connectivity index (χ1n) is 30.9. The zero-order valence-electron chi connectivity index (χ0n) is 55.2. The largest absolute Gasteiger partial charge is 0.381 e. The van der Waals surface area contributed by atoms with Crippen molar-refractivity contribution in [3.05, 3.63) is 0 Å². The molecule has 0 aliphatic rings. The van der Waals surface area contributed by atoms with Gasteiger partial charge in [-0.25, -0.2) is 21.9 Å². The number of carbonyl (C=O) groups is 4. The Labute approximate surface area is 534 Å². The Kier molecular flexibility index (Phi) is 75.5. The summed E-state index contributed by atoms with van der Waals surface area (Å²) in [5, 5.41) is 23.8. The highest BCUT2D eigenvalue weighted by molar-refractivity contribution is 5.77. The number of rotatable bonds is 75.